The van der Waals surface area contributed by atoms with Gasteiger partial charge in [-0.15, -0.1) is 0 Å². The lowest BCUT2D eigenvalue weighted by Crippen LogP contribution is -2.43. The van der Waals surface area contributed by atoms with Crippen LogP contribution in [0.1, 0.15) is 45.2 Å². The number of anilines is 1. The minimum atomic E-state index is -0.103. The highest BCUT2D eigenvalue weighted by atomic mass is 16.2. The van der Waals surface area contributed by atoms with Crippen LogP contribution in [0.4, 0.5) is 10.5 Å². The molecule has 0 heterocycles. The first kappa shape index (κ1) is 22.5. The molecule has 2 rings (SSSR count). The van der Waals surface area contributed by atoms with Crippen molar-refractivity contribution in [2.24, 2.45) is 0 Å². The van der Waals surface area contributed by atoms with Gasteiger partial charge < -0.3 is 15.1 Å². The summed E-state index contributed by atoms with van der Waals surface area (Å²) in [6.45, 7) is 9.39. The van der Waals surface area contributed by atoms with Gasteiger partial charge in [-0.1, -0.05) is 55.5 Å². The molecule has 156 valence electrons. The van der Waals surface area contributed by atoms with Gasteiger partial charge in [0.25, 0.3) is 0 Å². The monoisotopic (exact) mass is 395 g/mol. The second kappa shape index (κ2) is 11.2. The van der Waals surface area contributed by atoms with Crippen molar-refractivity contribution in [3.63, 3.8) is 0 Å². The van der Waals surface area contributed by atoms with E-state index in [1.807, 2.05) is 61.2 Å². The lowest BCUT2D eigenvalue weighted by Gasteiger charge is -2.31. The molecule has 0 aliphatic rings. The van der Waals surface area contributed by atoms with E-state index in [1.54, 1.807) is 11.8 Å². The SMILES string of the molecule is CC[C@@H](Cc1ccccc1)N(CC)C(=O)Nc1ccccc1CN(CC)C(C)=O. The molecular formula is C24H33N3O2. The first-order chi connectivity index (χ1) is 14.0. The highest BCUT2D eigenvalue weighted by Crippen LogP contribution is 2.20. The average Bonchev–Trinajstić information content (AvgIpc) is 2.73. The van der Waals surface area contributed by atoms with Crippen LogP contribution in [0.15, 0.2) is 54.6 Å². The zero-order chi connectivity index (χ0) is 21.2. The minimum absolute atomic E-state index is 0.0257. The summed E-state index contributed by atoms with van der Waals surface area (Å²) >= 11 is 0. The Balaban J connectivity index is 2.15. The summed E-state index contributed by atoms with van der Waals surface area (Å²) in [6, 6.07) is 18.0. The van der Waals surface area contributed by atoms with E-state index in [1.165, 1.54) is 5.56 Å². The number of likely N-dealkylation sites (N-methyl/N-ethyl adjacent to an activating group) is 1. The van der Waals surface area contributed by atoms with Crippen LogP contribution >= 0.6 is 0 Å². The highest BCUT2D eigenvalue weighted by molar-refractivity contribution is 5.90. The van der Waals surface area contributed by atoms with Gasteiger partial charge in [0.05, 0.1) is 0 Å². The maximum Gasteiger partial charge on any atom is 0.322 e. The van der Waals surface area contributed by atoms with E-state index in [0.717, 1.165) is 24.1 Å². The van der Waals surface area contributed by atoms with Gasteiger partial charge in [-0.25, -0.2) is 4.79 Å². The highest BCUT2D eigenvalue weighted by Gasteiger charge is 2.22. The van der Waals surface area contributed by atoms with Crippen molar-refractivity contribution < 1.29 is 9.59 Å². The molecule has 0 aromatic heterocycles. The molecule has 3 amide bonds. The van der Waals surface area contributed by atoms with Crippen molar-refractivity contribution >= 4 is 17.6 Å². The van der Waals surface area contributed by atoms with Crippen molar-refractivity contribution in [3.05, 3.63) is 65.7 Å². The van der Waals surface area contributed by atoms with Crippen LogP contribution in [0.2, 0.25) is 0 Å². The van der Waals surface area contributed by atoms with Crippen LogP contribution in [0.3, 0.4) is 0 Å². The van der Waals surface area contributed by atoms with E-state index in [-0.39, 0.29) is 18.0 Å². The third kappa shape index (κ3) is 6.34. The van der Waals surface area contributed by atoms with E-state index < -0.39 is 0 Å². The normalized spacial score (nSPS) is 11.6. The largest absolute Gasteiger partial charge is 0.339 e. The Labute approximate surface area is 174 Å². The van der Waals surface area contributed by atoms with E-state index in [0.29, 0.717) is 19.6 Å². The molecule has 0 spiro atoms. The third-order valence-electron chi connectivity index (χ3n) is 5.27. The maximum atomic E-state index is 13.1. The Morgan fingerprint density at radius 1 is 0.931 bits per heavy atom. The summed E-state index contributed by atoms with van der Waals surface area (Å²) in [6.07, 6.45) is 1.71. The number of para-hydroxylation sites is 1. The van der Waals surface area contributed by atoms with E-state index in [9.17, 15) is 9.59 Å². The predicted octanol–water partition coefficient (Wildman–Crippen LogP) is 4.93. The topological polar surface area (TPSA) is 52.7 Å². The standard InChI is InChI=1S/C24H33N3O2/c1-5-22(17-20-13-9-8-10-14-20)27(7-3)24(29)25-23-16-12-11-15-21(23)18-26(6-2)19(4)28/h8-16,22H,5-7,17-18H2,1-4H3,(H,25,29)/t22-/m0/s1. The summed E-state index contributed by atoms with van der Waals surface area (Å²) in [7, 11) is 0. The van der Waals surface area contributed by atoms with Crippen LogP contribution in [0.5, 0.6) is 0 Å². The summed E-state index contributed by atoms with van der Waals surface area (Å²) in [5, 5.41) is 3.08. The molecule has 5 nitrogen and oxygen atoms in total. The number of nitrogens with zero attached hydrogens (tertiary/aromatic N) is 2. The summed E-state index contributed by atoms with van der Waals surface area (Å²) in [5.41, 5.74) is 2.92. The quantitative estimate of drug-likeness (QED) is 0.654. The van der Waals surface area contributed by atoms with Crippen LogP contribution < -0.4 is 5.32 Å². The molecule has 5 heteroatoms. The maximum absolute atomic E-state index is 13.1. The number of nitrogens with one attached hydrogen (secondary N) is 1. The summed E-state index contributed by atoms with van der Waals surface area (Å²) in [4.78, 5) is 28.6. The summed E-state index contributed by atoms with van der Waals surface area (Å²) in [5.74, 6) is 0.0257. The van der Waals surface area contributed by atoms with E-state index in [2.05, 4.69) is 24.4 Å². The fourth-order valence-electron chi connectivity index (χ4n) is 3.55. The zero-order valence-electron chi connectivity index (χ0n) is 18.0. The van der Waals surface area contributed by atoms with Crippen LogP contribution in [-0.4, -0.2) is 40.9 Å². The molecule has 0 aliphatic heterocycles. The van der Waals surface area contributed by atoms with Gasteiger partial charge >= 0.3 is 6.03 Å². The molecule has 2 aromatic carbocycles. The number of carbonyl (C=O) groups excluding carboxylic acids is 2. The van der Waals surface area contributed by atoms with Crippen molar-refractivity contribution in [2.45, 2.75) is 53.1 Å². The molecular weight excluding hydrogens is 362 g/mol. The first-order valence-electron chi connectivity index (χ1n) is 10.4. The van der Waals surface area contributed by atoms with E-state index >= 15 is 0 Å². The lowest BCUT2D eigenvalue weighted by molar-refractivity contribution is -0.129. The van der Waals surface area contributed by atoms with Gasteiger partial charge in [0.2, 0.25) is 5.91 Å². The molecule has 0 unspecified atom stereocenters. The Hall–Kier alpha value is -2.82. The second-order valence-corrected chi connectivity index (χ2v) is 7.16. The van der Waals surface area contributed by atoms with Gasteiger partial charge in [0.1, 0.15) is 0 Å². The number of hydrogen-bond acceptors (Lipinski definition) is 2. The molecule has 0 fully saturated rings. The number of amides is 3. The fraction of sp³-hybridized carbons (Fsp3) is 0.417. The van der Waals surface area contributed by atoms with Gasteiger partial charge in [-0.3, -0.25) is 4.79 Å². The number of urea groups is 1. The van der Waals surface area contributed by atoms with Crippen molar-refractivity contribution in [1.29, 1.82) is 0 Å². The predicted molar refractivity (Wildman–Crippen MR) is 119 cm³/mol. The van der Waals surface area contributed by atoms with Crippen LogP contribution in [-0.2, 0) is 17.8 Å². The zero-order valence-corrected chi connectivity index (χ0v) is 18.0. The number of carbonyl (C=O) groups is 2. The van der Waals surface area contributed by atoms with Gasteiger partial charge in [0.15, 0.2) is 0 Å². The molecule has 0 saturated carbocycles. The third-order valence-corrected chi connectivity index (χ3v) is 5.27. The molecule has 0 saturated heterocycles. The van der Waals surface area contributed by atoms with Crippen molar-refractivity contribution in [3.8, 4) is 0 Å². The van der Waals surface area contributed by atoms with Crippen molar-refractivity contribution in [1.82, 2.24) is 9.80 Å². The number of benzene rings is 2. The average molecular weight is 396 g/mol. The lowest BCUT2D eigenvalue weighted by atomic mass is 10.0. The van der Waals surface area contributed by atoms with Crippen LogP contribution in [0, 0.1) is 0 Å². The molecule has 1 N–H and O–H groups in total. The number of rotatable bonds is 9. The fourth-order valence-corrected chi connectivity index (χ4v) is 3.55. The second-order valence-electron chi connectivity index (χ2n) is 7.16. The Bertz CT molecular complexity index is 792. The van der Waals surface area contributed by atoms with Crippen LogP contribution in [0.25, 0.3) is 0 Å². The van der Waals surface area contributed by atoms with Crippen molar-refractivity contribution in [2.75, 3.05) is 18.4 Å². The smallest absolute Gasteiger partial charge is 0.322 e. The molecule has 29 heavy (non-hydrogen) atoms. The minimum Gasteiger partial charge on any atom is -0.339 e. The Morgan fingerprint density at radius 2 is 1.59 bits per heavy atom. The van der Waals surface area contributed by atoms with E-state index in [4.69, 9.17) is 0 Å². The Morgan fingerprint density at radius 3 is 2.17 bits per heavy atom. The first-order valence-corrected chi connectivity index (χ1v) is 10.4. The molecule has 1 atom stereocenters. The molecule has 0 bridgehead atoms. The van der Waals surface area contributed by atoms with Gasteiger partial charge in [-0.2, -0.15) is 0 Å². The number of hydrogen-bond donors (Lipinski definition) is 1. The molecule has 2 aromatic rings. The molecule has 0 radical (unpaired) electrons. The Kier molecular flexibility index (Phi) is 8.71. The van der Waals surface area contributed by atoms with Gasteiger partial charge in [0, 0.05) is 38.3 Å². The summed E-state index contributed by atoms with van der Waals surface area (Å²) < 4.78 is 0. The molecule has 0 aliphatic carbocycles. The van der Waals surface area contributed by atoms with Gasteiger partial charge in [-0.05, 0) is 43.9 Å².